The molecule has 0 amide bonds. The molecule has 0 atom stereocenters. The highest BCUT2D eigenvalue weighted by atomic mass is 15.2. The Morgan fingerprint density at radius 1 is 1.18 bits per heavy atom. The van der Waals surface area contributed by atoms with Crippen molar-refractivity contribution < 1.29 is 0 Å². The number of aromatic nitrogens is 1. The van der Waals surface area contributed by atoms with Gasteiger partial charge in [-0.05, 0) is 51.4 Å². The second-order valence-corrected chi connectivity index (χ2v) is 4.32. The van der Waals surface area contributed by atoms with Gasteiger partial charge in [0, 0.05) is 25.3 Å². The van der Waals surface area contributed by atoms with Crippen molar-refractivity contribution in [1.82, 2.24) is 10.3 Å². The van der Waals surface area contributed by atoms with Gasteiger partial charge in [-0.1, -0.05) is 6.92 Å². The van der Waals surface area contributed by atoms with E-state index in [9.17, 15) is 0 Å². The van der Waals surface area contributed by atoms with Crippen LogP contribution in [0.3, 0.4) is 0 Å². The van der Waals surface area contributed by atoms with Gasteiger partial charge in [0.15, 0.2) is 0 Å². The van der Waals surface area contributed by atoms with E-state index in [0.29, 0.717) is 0 Å². The summed E-state index contributed by atoms with van der Waals surface area (Å²) in [6, 6.07) is 4.36. The van der Waals surface area contributed by atoms with Crippen molar-refractivity contribution in [1.29, 1.82) is 0 Å². The minimum absolute atomic E-state index is 0.936. The van der Waals surface area contributed by atoms with Crippen molar-refractivity contribution >= 4 is 5.82 Å². The topological polar surface area (TPSA) is 28.2 Å². The van der Waals surface area contributed by atoms with Gasteiger partial charge in [0.1, 0.15) is 5.82 Å². The molecule has 1 aromatic heterocycles. The third kappa shape index (κ3) is 4.35. The fourth-order valence-electron chi connectivity index (χ4n) is 1.94. The van der Waals surface area contributed by atoms with Crippen LogP contribution in [0.25, 0.3) is 0 Å². The fraction of sp³-hybridized carbons (Fsp3) is 0.643. The minimum Gasteiger partial charge on any atom is -0.357 e. The highest BCUT2D eigenvalue weighted by Gasteiger charge is 2.05. The molecule has 0 bridgehead atoms. The summed E-state index contributed by atoms with van der Waals surface area (Å²) < 4.78 is 0. The SMILES string of the molecule is CCCNCc1cc(C)nc(N(CC)CC)c1. The summed E-state index contributed by atoms with van der Waals surface area (Å²) in [5.74, 6) is 1.10. The summed E-state index contributed by atoms with van der Waals surface area (Å²) in [5.41, 5.74) is 2.43. The van der Waals surface area contributed by atoms with Crippen molar-refractivity contribution in [3.8, 4) is 0 Å². The zero-order chi connectivity index (χ0) is 12.7. The summed E-state index contributed by atoms with van der Waals surface area (Å²) in [6.45, 7) is 12.6. The van der Waals surface area contributed by atoms with E-state index >= 15 is 0 Å². The molecule has 0 saturated carbocycles. The predicted molar refractivity (Wildman–Crippen MR) is 74.5 cm³/mol. The lowest BCUT2D eigenvalue weighted by molar-refractivity contribution is 0.674. The van der Waals surface area contributed by atoms with Gasteiger partial charge in [-0.2, -0.15) is 0 Å². The van der Waals surface area contributed by atoms with E-state index in [4.69, 9.17) is 0 Å². The molecule has 3 nitrogen and oxygen atoms in total. The molecule has 0 radical (unpaired) electrons. The molecule has 17 heavy (non-hydrogen) atoms. The second kappa shape index (κ2) is 7.28. The lowest BCUT2D eigenvalue weighted by Crippen LogP contribution is -2.23. The molecule has 3 heteroatoms. The first-order chi connectivity index (χ1) is 8.21. The van der Waals surface area contributed by atoms with E-state index in [1.54, 1.807) is 0 Å². The van der Waals surface area contributed by atoms with Crippen LogP contribution in [-0.2, 0) is 6.54 Å². The zero-order valence-corrected chi connectivity index (χ0v) is 11.6. The molecule has 1 N–H and O–H groups in total. The normalized spacial score (nSPS) is 10.6. The van der Waals surface area contributed by atoms with Crippen LogP contribution in [0.15, 0.2) is 12.1 Å². The summed E-state index contributed by atoms with van der Waals surface area (Å²) in [4.78, 5) is 6.89. The number of hydrogen-bond acceptors (Lipinski definition) is 3. The molecule has 0 aliphatic heterocycles. The number of nitrogens with one attached hydrogen (secondary N) is 1. The van der Waals surface area contributed by atoms with Crippen molar-refractivity contribution in [2.75, 3.05) is 24.5 Å². The van der Waals surface area contributed by atoms with Gasteiger partial charge in [0.2, 0.25) is 0 Å². The van der Waals surface area contributed by atoms with Crippen molar-refractivity contribution in [3.05, 3.63) is 23.4 Å². The number of hydrogen-bond donors (Lipinski definition) is 1. The van der Waals surface area contributed by atoms with Crippen LogP contribution in [0.2, 0.25) is 0 Å². The van der Waals surface area contributed by atoms with Gasteiger partial charge in [0.25, 0.3) is 0 Å². The minimum atomic E-state index is 0.936. The standard InChI is InChI=1S/C14H25N3/c1-5-8-15-11-13-9-12(4)16-14(10-13)17(6-2)7-3/h9-10,15H,5-8,11H2,1-4H3. The number of pyridine rings is 1. The van der Waals surface area contributed by atoms with Crippen molar-refractivity contribution in [2.45, 2.75) is 40.7 Å². The van der Waals surface area contributed by atoms with E-state index in [1.807, 2.05) is 0 Å². The molecule has 96 valence electrons. The van der Waals surface area contributed by atoms with Gasteiger partial charge in [-0.3, -0.25) is 0 Å². The molecule has 0 aliphatic rings. The number of aryl methyl sites for hydroxylation is 1. The van der Waals surface area contributed by atoms with E-state index < -0.39 is 0 Å². The lowest BCUT2D eigenvalue weighted by Gasteiger charge is -2.21. The van der Waals surface area contributed by atoms with Crippen LogP contribution in [-0.4, -0.2) is 24.6 Å². The highest BCUT2D eigenvalue weighted by Crippen LogP contribution is 2.14. The third-order valence-corrected chi connectivity index (χ3v) is 2.84. The van der Waals surface area contributed by atoms with Crippen LogP contribution >= 0.6 is 0 Å². The smallest absolute Gasteiger partial charge is 0.129 e. The van der Waals surface area contributed by atoms with E-state index in [2.05, 4.69) is 55.0 Å². The van der Waals surface area contributed by atoms with Crippen LogP contribution in [0, 0.1) is 6.92 Å². The summed E-state index contributed by atoms with van der Waals surface area (Å²) >= 11 is 0. The Morgan fingerprint density at radius 2 is 1.88 bits per heavy atom. The van der Waals surface area contributed by atoms with Crippen LogP contribution in [0.5, 0.6) is 0 Å². The Morgan fingerprint density at radius 3 is 2.47 bits per heavy atom. The predicted octanol–water partition coefficient (Wildman–Crippen LogP) is 2.74. The maximum Gasteiger partial charge on any atom is 0.129 e. The van der Waals surface area contributed by atoms with E-state index in [-0.39, 0.29) is 0 Å². The van der Waals surface area contributed by atoms with Gasteiger partial charge >= 0.3 is 0 Å². The molecule has 1 aromatic rings. The quantitative estimate of drug-likeness (QED) is 0.737. The first-order valence-corrected chi connectivity index (χ1v) is 6.64. The zero-order valence-electron chi connectivity index (χ0n) is 11.6. The summed E-state index contributed by atoms with van der Waals surface area (Å²) in [5, 5.41) is 3.43. The van der Waals surface area contributed by atoms with Crippen molar-refractivity contribution in [2.24, 2.45) is 0 Å². The maximum atomic E-state index is 4.60. The van der Waals surface area contributed by atoms with Gasteiger partial charge in [-0.15, -0.1) is 0 Å². The molecule has 0 aromatic carbocycles. The number of rotatable bonds is 7. The third-order valence-electron chi connectivity index (χ3n) is 2.84. The molecule has 0 fully saturated rings. The first kappa shape index (κ1) is 14.0. The average Bonchev–Trinajstić information content (AvgIpc) is 2.30. The Balaban J connectivity index is 2.78. The van der Waals surface area contributed by atoms with Gasteiger partial charge in [0.05, 0.1) is 0 Å². The monoisotopic (exact) mass is 235 g/mol. The van der Waals surface area contributed by atoms with Crippen LogP contribution in [0.4, 0.5) is 5.82 Å². The van der Waals surface area contributed by atoms with Gasteiger partial charge in [-0.25, -0.2) is 4.98 Å². The molecule has 1 rings (SSSR count). The highest BCUT2D eigenvalue weighted by molar-refractivity contribution is 5.42. The lowest BCUT2D eigenvalue weighted by atomic mass is 10.2. The van der Waals surface area contributed by atoms with E-state index in [0.717, 1.165) is 37.7 Å². The molecule has 0 spiro atoms. The molecule has 0 unspecified atom stereocenters. The second-order valence-electron chi connectivity index (χ2n) is 4.32. The number of nitrogens with zero attached hydrogens (tertiary/aromatic N) is 2. The maximum absolute atomic E-state index is 4.60. The molecular weight excluding hydrogens is 210 g/mol. The Hall–Kier alpha value is -1.09. The summed E-state index contributed by atoms with van der Waals surface area (Å²) in [6.07, 6.45) is 1.17. The number of anilines is 1. The molecule has 1 heterocycles. The van der Waals surface area contributed by atoms with Crippen molar-refractivity contribution in [3.63, 3.8) is 0 Å². The van der Waals surface area contributed by atoms with Gasteiger partial charge < -0.3 is 10.2 Å². The van der Waals surface area contributed by atoms with Crippen LogP contribution < -0.4 is 10.2 Å². The fourth-order valence-corrected chi connectivity index (χ4v) is 1.94. The first-order valence-electron chi connectivity index (χ1n) is 6.64. The Kier molecular flexibility index (Phi) is 5.98. The Labute approximate surface area is 105 Å². The Bertz CT molecular complexity index is 332. The largest absolute Gasteiger partial charge is 0.357 e. The molecule has 0 saturated heterocycles. The van der Waals surface area contributed by atoms with E-state index in [1.165, 1.54) is 12.0 Å². The average molecular weight is 235 g/mol. The summed E-state index contributed by atoms with van der Waals surface area (Å²) in [7, 11) is 0. The molecule has 0 aliphatic carbocycles. The molecular formula is C14H25N3. The van der Waals surface area contributed by atoms with Crippen LogP contribution in [0.1, 0.15) is 38.4 Å².